The second-order valence-corrected chi connectivity index (χ2v) is 9.16. The zero-order chi connectivity index (χ0) is 23.5. The van der Waals surface area contributed by atoms with Gasteiger partial charge in [0.1, 0.15) is 5.75 Å². The number of likely N-dealkylation sites (tertiary alicyclic amines) is 1. The molecule has 1 unspecified atom stereocenters. The van der Waals surface area contributed by atoms with Crippen LogP contribution in [-0.4, -0.2) is 36.0 Å². The Hall–Kier alpha value is -3.66. The van der Waals surface area contributed by atoms with Crippen LogP contribution < -0.4 is 4.74 Å². The third-order valence-corrected chi connectivity index (χ3v) is 7.02. The van der Waals surface area contributed by atoms with Gasteiger partial charge in [0.25, 0.3) is 5.91 Å². The number of piperidine rings is 1. The first kappa shape index (κ1) is 22.1. The van der Waals surface area contributed by atoms with Crippen LogP contribution in [0.4, 0.5) is 0 Å². The summed E-state index contributed by atoms with van der Waals surface area (Å²) in [6, 6.07) is 24.5. The maximum absolute atomic E-state index is 13.6. The van der Waals surface area contributed by atoms with Crippen molar-refractivity contribution >= 4 is 16.8 Å². The first-order valence-electron chi connectivity index (χ1n) is 12.0. The molecule has 1 saturated heterocycles. The summed E-state index contributed by atoms with van der Waals surface area (Å²) in [6.07, 6.45) is 5.05. The Labute approximate surface area is 201 Å². The van der Waals surface area contributed by atoms with E-state index in [2.05, 4.69) is 47.1 Å². The highest BCUT2D eigenvalue weighted by molar-refractivity contribution is 5.97. The second-order valence-electron chi connectivity index (χ2n) is 9.16. The highest BCUT2D eigenvalue weighted by atomic mass is 16.5. The summed E-state index contributed by atoms with van der Waals surface area (Å²) in [7, 11) is 1.67. The SMILES string of the molecule is COc1ccc(-c2cccc(C(=O)N3CCCC(Cc4ccnc5ccccc45)C3)c2C)cc1. The van der Waals surface area contributed by atoms with Crippen LogP contribution in [0.25, 0.3) is 22.0 Å². The zero-order valence-electron chi connectivity index (χ0n) is 19.8. The molecular formula is C30H30N2O2. The van der Waals surface area contributed by atoms with Crippen LogP contribution in [0.1, 0.15) is 34.3 Å². The van der Waals surface area contributed by atoms with E-state index < -0.39 is 0 Å². The minimum atomic E-state index is 0.136. The molecule has 0 spiro atoms. The van der Waals surface area contributed by atoms with Crippen molar-refractivity contribution < 1.29 is 9.53 Å². The molecule has 4 aromatic rings. The van der Waals surface area contributed by atoms with E-state index in [9.17, 15) is 4.79 Å². The fourth-order valence-electron chi connectivity index (χ4n) is 5.18. The van der Waals surface area contributed by atoms with E-state index in [0.717, 1.165) is 65.9 Å². The number of amides is 1. The summed E-state index contributed by atoms with van der Waals surface area (Å²) in [5.41, 5.74) is 6.36. The van der Waals surface area contributed by atoms with Gasteiger partial charge < -0.3 is 9.64 Å². The van der Waals surface area contributed by atoms with Crippen LogP contribution in [0.15, 0.2) is 79.0 Å². The number of carbonyl (C=O) groups is 1. The lowest BCUT2D eigenvalue weighted by Crippen LogP contribution is -2.40. The number of nitrogens with zero attached hydrogens (tertiary/aromatic N) is 2. The number of hydrogen-bond acceptors (Lipinski definition) is 3. The van der Waals surface area contributed by atoms with Gasteiger partial charge in [0.05, 0.1) is 12.6 Å². The topological polar surface area (TPSA) is 42.4 Å². The quantitative estimate of drug-likeness (QED) is 0.358. The van der Waals surface area contributed by atoms with Gasteiger partial charge >= 0.3 is 0 Å². The molecule has 1 amide bonds. The Kier molecular flexibility index (Phi) is 6.31. The van der Waals surface area contributed by atoms with Crippen molar-refractivity contribution in [3.63, 3.8) is 0 Å². The molecule has 4 nitrogen and oxygen atoms in total. The Balaban J connectivity index is 1.35. The molecule has 1 atom stereocenters. The number of hydrogen-bond donors (Lipinski definition) is 0. The summed E-state index contributed by atoms with van der Waals surface area (Å²) in [5.74, 6) is 1.42. The van der Waals surface area contributed by atoms with Gasteiger partial charge in [-0.05, 0) is 84.7 Å². The monoisotopic (exact) mass is 450 g/mol. The fourth-order valence-corrected chi connectivity index (χ4v) is 5.18. The van der Waals surface area contributed by atoms with Crippen molar-refractivity contribution in [2.45, 2.75) is 26.2 Å². The summed E-state index contributed by atoms with van der Waals surface area (Å²) in [4.78, 5) is 20.2. The number of fused-ring (bicyclic) bond motifs is 1. The maximum atomic E-state index is 13.6. The van der Waals surface area contributed by atoms with Crippen LogP contribution in [0.2, 0.25) is 0 Å². The number of carbonyl (C=O) groups excluding carboxylic acids is 1. The van der Waals surface area contributed by atoms with Crippen molar-refractivity contribution in [3.05, 3.63) is 95.7 Å². The molecule has 0 radical (unpaired) electrons. The molecule has 172 valence electrons. The summed E-state index contributed by atoms with van der Waals surface area (Å²) in [6.45, 7) is 3.66. The Morgan fingerprint density at radius 1 is 1.03 bits per heavy atom. The lowest BCUT2D eigenvalue weighted by atomic mass is 9.89. The van der Waals surface area contributed by atoms with Gasteiger partial charge in [0.15, 0.2) is 0 Å². The van der Waals surface area contributed by atoms with E-state index >= 15 is 0 Å². The summed E-state index contributed by atoms with van der Waals surface area (Å²) in [5, 5.41) is 1.22. The van der Waals surface area contributed by atoms with Crippen molar-refractivity contribution in [3.8, 4) is 16.9 Å². The fraction of sp³-hybridized carbons (Fsp3) is 0.267. The molecule has 0 bridgehead atoms. The highest BCUT2D eigenvalue weighted by Crippen LogP contribution is 2.30. The Morgan fingerprint density at radius 3 is 2.68 bits per heavy atom. The zero-order valence-corrected chi connectivity index (χ0v) is 19.8. The molecular weight excluding hydrogens is 420 g/mol. The number of methoxy groups -OCH3 is 1. The molecule has 1 fully saturated rings. The first-order valence-corrected chi connectivity index (χ1v) is 12.0. The molecule has 1 aliphatic rings. The van der Waals surface area contributed by atoms with Gasteiger partial charge in [-0.2, -0.15) is 0 Å². The average molecular weight is 451 g/mol. The van der Waals surface area contributed by atoms with E-state index in [-0.39, 0.29) is 5.91 Å². The van der Waals surface area contributed by atoms with Gasteiger partial charge in [-0.15, -0.1) is 0 Å². The lowest BCUT2D eigenvalue weighted by Gasteiger charge is -2.33. The number of aromatic nitrogens is 1. The van der Waals surface area contributed by atoms with Crippen LogP contribution in [0, 0.1) is 12.8 Å². The molecule has 1 aliphatic heterocycles. The third kappa shape index (κ3) is 4.41. The van der Waals surface area contributed by atoms with E-state index in [0.29, 0.717) is 5.92 Å². The van der Waals surface area contributed by atoms with Gasteiger partial charge in [-0.1, -0.05) is 42.5 Å². The van der Waals surface area contributed by atoms with Crippen molar-refractivity contribution in [2.75, 3.05) is 20.2 Å². The van der Waals surface area contributed by atoms with Crippen LogP contribution in [0.3, 0.4) is 0 Å². The number of para-hydroxylation sites is 1. The van der Waals surface area contributed by atoms with Gasteiger partial charge in [0, 0.05) is 30.2 Å². The number of ether oxygens (including phenoxy) is 1. The van der Waals surface area contributed by atoms with Gasteiger partial charge in [-0.25, -0.2) is 0 Å². The predicted molar refractivity (Wildman–Crippen MR) is 137 cm³/mol. The summed E-state index contributed by atoms with van der Waals surface area (Å²) < 4.78 is 5.29. The third-order valence-electron chi connectivity index (χ3n) is 7.02. The minimum absolute atomic E-state index is 0.136. The first-order chi connectivity index (χ1) is 16.6. The molecule has 2 heterocycles. The van der Waals surface area contributed by atoms with Crippen LogP contribution >= 0.6 is 0 Å². The number of rotatable bonds is 5. The molecule has 0 saturated carbocycles. The molecule has 0 aliphatic carbocycles. The van der Waals surface area contributed by atoms with Gasteiger partial charge in [0.2, 0.25) is 0 Å². The second kappa shape index (κ2) is 9.68. The minimum Gasteiger partial charge on any atom is -0.497 e. The molecule has 34 heavy (non-hydrogen) atoms. The molecule has 5 rings (SSSR count). The molecule has 0 N–H and O–H groups in total. The standard InChI is InChI=1S/C30H30N2O2/c1-21-26(23-12-14-25(34-2)15-13-23)9-5-10-27(21)30(33)32-18-6-7-22(20-32)19-24-16-17-31-29-11-4-3-8-28(24)29/h3-5,8-17,22H,6-7,18-20H2,1-2H3. The smallest absolute Gasteiger partial charge is 0.254 e. The van der Waals surface area contributed by atoms with Crippen molar-refractivity contribution in [2.24, 2.45) is 5.92 Å². The maximum Gasteiger partial charge on any atom is 0.254 e. The van der Waals surface area contributed by atoms with Gasteiger partial charge in [-0.3, -0.25) is 9.78 Å². The Morgan fingerprint density at radius 2 is 1.85 bits per heavy atom. The Bertz CT molecular complexity index is 1310. The number of pyridine rings is 1. The summed E-state index contributed by atoms with van der Waals surface area (Å²) >= 11 is 0. The average Bonchev–Trinajstić information content (AvgIpc) is 2.89. The highest BCUT2D eigenvalue weighted by Gasteiger charge is 2.26. The van der Waals surface area contributed by atoms with Crippen LogP contribution in [-0.2, 0) is 6.42 Å². The lowest BCUT2D eigenvalue weighted by molar-refractivity contribution is 0.0673. The van der Waals surface area contributed by atoms with E-state index in [1.54, 1.807) is 7.11 Å². The van der Waals surface area contributed by atoms with E-state index in [1.807, 2.05) is 48.7 Å². The normalized spacial score (nSPS) is 15.9. The predicted octanol–water partition coefficient (Wildman–Crippen LogP) is 6.31. The molecule has 4 heteroatoms. The van der Waals surface area contributed by atoms with Crippen LogP contribution in [0.5, 0.6) is 5.75 Å². The largest absolute Gasteiger partial charge is 0.497 e. The van der Waals surface area contributed by atoms with Crippen molar-refractivity contribution in [1.29, 1.82) is 0 Å². The molecule has 3 aromatic carbocycles. The van der Waals surface area contributed by atoms with E-state index in [1.165, 1.54) is 10.9 Å². The van der Waals surface area contributed by atoms with E-state index in [4.69, 9.17) is 4.74 Å². The van der Waals surface area contributed by atoms with Crippen molar-refractivity contribution in [1.82, 2.24) is 9.88 Å². The number of benzene rings is 3. The molecule has 1 aromatic heterocycles.